The lowest BCUT2D eigenvalue weighted by molar-refractivity contribution is 0.109. The molecular weight excluding hydrogens is 312 g/mol. The van der Waals surface area contributed by atoms with Gasteiger partial charge in [0.2, 0.25) is 5.75 Å². The molecule has 1 atom stereocenters. The zero-order chi connectivity index (χ0) is 17.5. The summed E-state index contributed by atoms with van der Waals surface area (Å²) in [5.74, 6) is 1.92. The number of hydrogen-bond donors (Lipinski definition) is 2. The van der Waals surface area contributed by atoms with E-state index in [1.807, 2.05) is 0 Å². The molecule has 0 aliphatic heterocycles. The molecule has 2 aromatic carbocycles. The molecule has 2 aromatic rings. The van der Waals surface area contributed by atoms with Gasteiger partial charge in [0.15, 0.2) is 23.0 Å². The van der Waals surface area contributed by atoms with Gasteiger partial charge in [0.25, 0.3) is 0 Å². The lowest BCUT2D eigenvalue weighted by atomic mass is 10.1. The van der Waals surface area contributed by atoms with E-state index < -0.39 is 6.10 Å². The maximum absolute atomic E-state index is 9.67. The lowest BCUT2D eigenvalue weighted by Gasteiger charge is -2.21. The fourth-order valence-electron chi connectivity index (χ4n) is 2.36. The lowest BCUT2D eigenvalue weighted by Crippen LogP contribution is -2.24. The third kappa shape index (κ3) is 4.02. The Balaban J connectivity index is 2.21. The van der Waals surface area contributed by atoms with Crippen molar-refractivity contribution in [2.24, 2.45) is 0 Å². The van der Waals surface area contributed by atoms with Crippen molar-refractivity contribution in [1.29, 1.82) is 0 Å². The van der Waals surface area contributed by atoms with Crippen LogP contribution in [0.2, 0.25) is 0 Å². The molecule has 2 rings (SSSR count). The van der Waals surface area contributed by atoms with E-state index in [2.05, 4.69) is 0 Å². The molecule has 0 aliphatic carbocycles. The molecule has 24 heavy (non-hydrogen) atoms. The summed E-state index contributed by atoms with van der Waals surface area (Å²) in [4.78, 5) is 0. The zero-order valence-corrected chi connectivity index (χ0v) is 14.0. The van der Waals surface area contributed by atoms with Crippen LogP contribution in [0.5, 0.6) is 28.7 Å². The second kappa shape index (κ2) is 8.31. The Bertz CT molecular complexity index is 648. The average molecular weight is 334 g/mol. The van der Waals surface area contributed by atoms with Crippen molar-refractivity contribution in [2.45, 2.75) is 12.5 Å². The maximum Gasteiger partial charge on any atom is 0.203 e. The van der Waals surface area contributed by atoms with Crippen LogP contribution in [0.4, 0.5) is 0 Å². The van der Waals surface area contributed by atoms with Crippen molar-refractivity contribution in [2.75, 3.05) is 27.9 Å². The number of aliphatic hydroxyl groups excluding tert-OH is 1. The SMILES string of the molecule is COc1cc(CC(CO)Oc2c(OC)cccc2OC)ccc1O. The molecular formula is C18H22O6. The normalized spacial score (nSPS) is 11.7. The Morgan fingerprint density at radius 1 is 0.917 bits per heavy atom. The first-order valence-corrected chi connectivity index (χ1v) is 7.47. The molecule has 0 aliphatic rings. The molecule has 0 spiro atoms. The number of rotatable bonds is 8. The highest BCUT2D eigenvalue weighted by molar-refractivity contribution is 5.51. The fraction of sp³-hybridized carbons (Fsp3) is 0.333. The van der Waals surface area contributed by atoms with Crippen molar-refractivity contribution in [3.8, 4) is 28.7 Å². The number of para-hydroxylation sites is 1. The number of phenols is 1. The predicted molar refractivity (Wildman–Crippen MR) is 89.4 cm³/mol. The van der Waals surface area contributed by atoms with E-state index in [4.69, 9.17) is 18.9 Å². The molecule has 0 aromatic heterocycles. The molecule has 1 unspecified atom stereocenters. The summed E-state index contributed by atoms with van der Waals surface area (Å²) in [6, 6.07) is 10.3. The molecule has 6 nitrogen and oxygen atoms in total. The minimum atomic E-state index is -0.510. The summed E-state index contributed by atoms with van der Waals surface area (Å²) in [6.07, 6.45) is -0.0848. The molecule has 0 saturated heterocycles. The molecule has 6 heteroatoms. The highest BCUT2D eigenvalue weighted by atomic mass is 16.5. The van der Waals surface area contributed by atoms with E-state index in [0.717, 1.165) is 5.56 Å². The van der Waals surface area contributed by atoms with Crippen LogP contribution in [0.1, 0.15) is 5.56 Å². The summed E-state index contributed by atoms with van der Waals surface area (Å²) in [6.45, 7) is -0.190. The second-order valence-corrected chi connectivity index (χ2v) is 5.12. The largest absolute Gasteiger partial charge is 0.504 e. The molecule has 0 amide bonds. The number of benzene rings is 2. The molecule has 130 valence electrons. The zero-order valence-electron chi connectivity index (χ0n) is 14.0. The number of aliphatic hydroxyl groups is 1. The van der Waals surface area contributed by atoms with Crippen LogP contribution in [-0.4, -0.2) is 44.3 Å². The monoisotopic (exact) mass is 334 g/mol. The minimum Gasteiger partial charge on any atom is -0.504 e. The van der Waals surface area contributed by atoms with Crippen molar-refractivity contribution in [3.63, 3.8) is 0 Å². The summed E-state index contributed by atoms with van der Waals surface area (Å²) < 4.78 is 21.6. The van der Waals surface area contributed by atoms with Crippen LogP contribution in [0.25, 0.3) is 0 Å². The van der Waals surface area contributed by atoms with Crippen LogP contribution in [-0.2, 0) is 6.42 Å². The first-order chi connectivity index (χ1) is 11.6. The number of methoxy groups -OCH3 is 3. The van der Waals surface area contributed by atoms with Gasteiger partial charge >= 0.3 is 0 Å². The van der Waals surface area contributed by atoms with Gasteiger partial charge in [-0.25, -0.2) is 0 Å². The highest BCUT2D eigenvalue weighted by Gasteiger charge is 2.18. The van der Waals surface area contributed by atoms with Gasteiger partial charge < -0.3 is 29.2 Å². The van der Waals surface area contributed by atoms with E-state index in [1.165, 1.54) is 7.11 Å². The van der Waals surface area contributed by atoms with E-state index in [1.54, 1.807) is 50.6 Å². The Kier molecular flexibility index (Phi) is 6.14. The number of ether oxygens (including phenoxy) is 4. The minimum absolute atomic E-state index is 0.0640. The Hall–Kier alpha value is -2.60. The first kappa shape index (κ1) is 17.7. The van der Waals surface area contributed by atoms with Gasteiger partial charge in [0.05, 0.1) is 27.9 Å². The van der Waals surface area contributed by atoms with Crippen LogP contribution in [0.3, 0.4) is 0 Å². The van der Waals surface area contributed by atoms with Crippen molar-refractivity contribution in [3.05, 3.63) is 42.0 Å². The maximum atomic E-state index is 9.67. The Labute approximate surface area is 141 Å². The van der Waals surface area contributed by atoms with Crippen molar-refractivity contribution < 1.29 is 29.2 Å². The summed E-state index contributed by atoms with van der Waals surface area (Å²) in [7, 11) is 4.57. The third-order valence-corrected chi connectivity index (χ3v) is 3.58. The van der Waals surface area contributed by atoms with Gasteiger partial charge in [0, 0.05) is 6.42 Å². The number of phenolic OH excluding ortho intramolecular Hbond substituents is 1. The quantitative estimate of drug-likeness (QED) is 0.772. The van der Waals surface area contributed by atoms with Gasteiger partial charge in [-0.15, -0.1) is 0 Å². The molecule has 2 N–H and O–H groups in total. The van der Waals surface area contributed by atoms with E-state index in [-0.39, 0.29) is 12.4 Å². The van der Waals surface area contributed by atoms with E-state index in [0.29, 0.717) is 29.4 Å². The topological polar surface area (TPSA) is 77.4 Å². The molecule has 0 radical (unpaired) electrons. The fourth-order valence-corrected chi connectivity index (χ4v) is 2.36. The Morgan fingerprint density at radius 3 is 2.08 bits per heavy atom. The average Bonchev–Trinajstić information content (AvgIpc) is 2.62. The van der Waals surface area contributed by atoms with Crippen LogP contribution >= 0.6 is 0 Å². The predicted octanol–water partition coefficient (Wildman–Crippen LogP) is 2.40. The standard InChI is InChI=1S/C18H22O6/c1-21-15-5-4-6-16(22-2)18(15)24-13(11-19)9-12-7-8-14(20)17(10-12)23-3/h4-8,10,13,19-20H,9,11H2,1-3H3. The van der Waals surface area contributed by atoms with Crippen LogP contribution in [0, 0.1) is 0 Å². The number of aromatic hydroxyl groups is 1. The van der Waals surface area contributed by atoms with Gasteiger partial charge in [-0.2, -0.15) is 0 Å². The molecule has 0 bridgehead atoms. The van der Waals surface area contributed by atoms with Crippen LogP contribution < -0.4 is 18.9 Å². The van der Waals surface area contributed by atoms with Crippen molar-refractivity contribution >= 4 is 0 Å². The first-order valence-electron chi connectivity index (χ1n) is 7.47. The third-order valence-electron chi connectivity index (χ3n) is 3.58. The number of hydrogen-bond acceptors (Lipinski definition) is 6. The molecule has 0 saturated carbocycles. The summed E-state index contributed by atoms with van der Waals surface area (Å²) in [5.41, 5.74) is 0.859. The van der Waals surface area contributed by atoms with Gasteiger partial charge in [0.1, 0.15) is 6.10 Å². The highest BCUT2D eigenvalue weighted by Crippen LogP contribution is 2.38. The van der Waals surface area contributed by atoms with Crippen LogP contribution in [0.15, 0.2) is 36.4 Å². The van der Waals surface area contributed by atoms with Crippen molar-refractivity contribution in [1.82, 2.24) is 0 Å². The molecule has 0 heterocycles. The summed E-state index contributed by atoms with van der Waals surface area (Å²) in [5, 5.41) is 19.3. The van der Waals surface area contributed by atoms with E-state index in [9.17, 15) is 10.2 Å². The van der Waals surface area contributed by atoms with Gasteiger partial charge in [-0.3, -0.25) is 0 Å². The Morgan fingerprint density at radius 2 is 1.54 bits per heavy atom. The second-order valence-electron chi connectivity index (χ2n) is 5.12. The van der Waals surface area contributed by atoms with Gasteiger partial charge in [-0.05, 0) is 29.8 Å². The summed E-state index contributed by atoms with van der Waals surface area (Å²) >= 11 is 0. The smallest absolute Gasteiger partial charge is 0.203 e. The van der Waals surface area contributed by atoms with Gasteiger partial charge in [-0.1, -0.05) is 12.1 Å². The van der Waals surface area contributed by atoms with E-state index >= 15 is 0 Å². The molecule has 0 fully saturated rings.